The van der Waals surface area contributed by atoms with Crippen LogP contribution in [-0.4, -0.2) is 10.9 Å². The highest BCUT2D eigenvalue weighted by atomic mass is 19.4. The molecule has 1 amide bonds. The SMILES string of the molecule is CC(=O)Nc1cccc(-c2c(C)cc(Oc3ccc(C(F)(F)F)cn3)cc2C)c1. The Kier molecular flexibility index (Phi) is 5.59. The Bertz CT molecular complexity index is 1020. The molecule has 2 aromatic carbocycles. The highest BCUT2D eigenvalue weighted by molar-refractivity contribution is 5.89. The van der Waals surface area contributed by atoms with E-state index in [1.807, 2.05) is 38.1 Å². The molecule has 3 aromatic rings. The van der Waals surface area contributed by atoms with Gasteiger partial charge in [0.15, 0.2) is 0 Å². The van der Waals surface area contributed by atoms with Crippen LogP contribution in [0.15, 0.2) is 54.7 Å². The van der Waals surface area contributed by atoms with Gasteiger partial charge in [-0.25, -0.2) is 4.98 Å². The van der Waals surface area contributed by atoms with Crippen molar-refractivity contribution >= 4 is 11.6 Å². The van der Waals surface area contributed by atoms with Gasteiger partial charge in [-0.1, -0.05) is 12.1 Å². The van der Waals surface area contributed by atoms with Gasteiger partial charge >= 0.3 is 6.18 Å². The first-order valence-corrected chi connectivity index (χ1v) is 8.84. The Balaban J connectivity index is 1.87. The third kappa shape index (κ3) is 4.93. The quantitative estimate of drug-likeness (QED) is 0.573. The first-order chi connectivity index (χ1) is 13.6. The van der Waals surface area contributed by atoms with Crippen molar-refractivity contribution in [3.05, 3.63) is 71.4 Å². The molecule has 29 heavy (non-hydrogen) atoms. The number of alkyl halides is 3. The van der Waals surface area contributed by atoms with Crippen molar-refractivity contribution in [3.8, 4) is 22.8 Å². The highest BCUT2D eigenvalue weighted by Crippen LogP contribution is 2.34. The molecule has 4 nitrogen and oxygen atoms in total. The summed E-state index contributed by atoms with van der Waals surface area (Å²) in [4.78, 5) is 15.0. The summed E-state index contributed by atoms with van der Waals surface area (Å²) in [6.45, 7) is 5.28. The van der Waals surface area contributed by atoms with Crippen LogP contribution in [0.5, 0.6) is 11.6 Å². The van der Waals surface area contributed by atoms with E-state index in [1.165, 1.54) is 13.0 Å². The number of nitrogens with one attached hydrogen (secondary N) is 1. The summed E-state index contributed by atoms with van der Waals surface area (Å²) in [7, 11) is 0. The largest absolute Gasteiger partial charge is 0.439 e. The van der Waals surface area contributed by atoms with E-state index in [0.29, 0.717) is 11.4 Å². The Morgan fingerprint density at radius 3 is 2.28 bits per heavy atom. The maximum atomic E-state index is 12.7. The van der Waals surface area contributed by atoms with E-state index < -0.39 is 11.7 Å². The third-order valence-electron chi connectivity index (χ3n) is 4.26. The fraction of sp³-hybridized carbons (Fsp3) is 0.182. The minimum Gasteiger partial charge on any atom is -0.439 e. The van der Waals surface area contributed by atoms with Crippen LogP contribution in [0.2, 0.25) is 0 Å². The predicted molar refractivity (Wildman–Crippen MR) is 105 cm³/mol. The van der Waals surface area contributed by atoms with E-state index in [4.69, 9.17) is 4.74 Å². The van der Waals surface area contributed by atoms with E-state index in [2.05, 4.69) is 10.3 Å². The molecular formula is C22H19F3N2O2. The van der Waals surface area contributed by atoms with Crippen molar-refractivity contribution in [3.63, 3.8) is 0 Å². The summed E-state index contributed by atoms with van der Waals surface area (Å²) in [5, 5.41) is 2.76. The molecule has 1 N–H and O–H groups in total. The normalized spacial score (nSPS) is 11.2. The zero-order valence-electron chi connectivity index (χ0n) is 16.1. The summed E-state index contributed by atoms with van der Waals surface area (Å²) in [5.41, 5.74) is 3.64. The molecule has 1 aromatic heterocycles. The topological polar surface area (TPSA) is 51.2 Å². The van der Waals surface area contributed by atoms with Gasteiger partial charge in [-0.2, -0.15) is 13.2 Å². The molecule has 1 heterocycles. The standard InChI is InChI=1S/C22H19F3N2O2/c1-13-9-19(29-20-8-7-17(12-26-20)22(23,24)25)10-14(2)21(13)16-5-4-6-18(11-16)27-15(3)28/h4-12H,1-3H3,(H,27,28). The van der Waals surface area contributed by atoms with Gasteiger partial charge in [0, 0.05) is 24.9 Å². The Hall–Kier alpha value is -3.35. The predicted octanol–water partition coefficient (Wildman–Crippen LogP) is 6.13. The van der Waals surface area contributed by atoms with Crippen LogP contribution < -0.4 is 10.1 Å². The number of hydrogen-bond donors (Lipinski definition) is 1. The number of halogens is 3. The van der Waals surface area contributed by atoms with Gasteiger partial charge in [0.2, 0.25) is 11.8 Å². The van der Waals surface area contributed by atoms with E-state index in [1.54, 1.807) is 12.1 Å². The van der Waals surface area contributed by atoms with Crippen molar-refractivity contribution in [1.82, 2.24) is 4.98 Å². The minimum absolute atomic E-state index is 0.0807. The molecular weight excluding hydrogens is 381 g/mol. The van der Waals surface area contributed by atoms with Gasteiger partial charge in [-0.3, -0.25) is 4.79 Å². The second-order valence-corrected chi connectivity index (χ2v) is 6.68. The smallest absolute Gasteiger partial charge is 0.417 e. The van der Waals surface area contributed by atoms with Crippen molar-refractivity contribution in [2.75, 3.05) is 5.32 Å². The minimum atomic E-state index is -4.44. The zero-order valence-corrected chi connectivity index (χ0v) is 16.1. The third-order valence-corrected chi connectivity index (χ3v) is 4.26. The highest BCUT2D eigenvalue weighted by Gasteiger charge is 2.30. The number of amides is 1. The molecule has 0 unspecified atom stereocenters. The molecule has 0 atom stereocenters. The van der Waals surface area contributed by atoms with E-state index in [-0.39, 0.29) is 11.8 Å². The first-order valence-electron chi connectivity index (χ1n) is 8.84. The lowest BCUT2D eigenvalue weighted by atomic mass is 9.95. The molecule has 150 valence electrons. The monoisotopic (exact) mass is 400 g/mol. The molecule has 0 spiro atoms. The molecule has 3 rings (SSSR count). The number of carbonyl (C=O) groups is 1. The molecule has 0 saturated heterocycles. The van der Waals surface area contributed by atoms with Crippen LogP contribution in [0, 0.1) is 13.8 Å². The van der Waals surface area contributed by atoms with Gasteiger partial charge < -0.3 is 10.1 Å². The van der Waals surface area contributed by atoms with Gasteiger partial charge in [0.1, 0.15) is 5.75 Å². The lowest BCUT2D eigenvalue weighted by Gasteiger charge is -2.15. The number of benzene rings is 2. The summed E-state index contributed by atoms with van der Waals surface area (Å²) >= 11 is 0. The van der Waals surface area contributed by atoms with Crippen molar-refractivity contribution in [2.24, 2.45) is 0 Å². The van der Waals surface area contributed by atoms with E-state index >= 15 is 0 Å². The van der Waals surface area contributed by atoms with Crippen LogP contribution >= 0.6 is 0 Å². The summed E-state index contributed by atoms with van der Waals surface area (Å²) < 4.78 is 43.6. The average molecular weight is 400 g/mol. The second kappa shape index (κ2) is 7.95. The molecule has 0 aliphatic carbocycles. The lowest BCUT2D eigenvalue weighted by Crippen LogP contribution is -2.05. The van der Waals surface area contributed by atoms with Crippen molar-refractivity contribution < 1.29 is 22.7 Å². The molecule has 0 aliphatic rings. The van der Waals surface area contributed by atoms with Crippen molar-refractivity contribution in [1.29, 1.82) is 0 Å². The average Bonchev–Trinajstić information content (AvgIpc) is 2.60. The van der Waals surface area contributed by atoms with Crippen LogP contribution in [0.1, 0.15) is 23.6 Å². The van der Waals surface area contributed by atoms with E-state index in [0.717, 1.165) is 34.5 Å². The Morgan fingerprint density at radius 2 is 1.72 bits per heavy atom. The number of nitrogens with zero attached hydrogens (tertiary/aromatic N) is 1. The van der Waals surface area contributed by atoms with Crippen LogP contribution in [0.3, 0.4) is 0 Å². The fourth-order valence-electron chi connectivity index (χ4n) is 3.12. The van der Waals surface area contributed by atoms with Gasteiger partial charge in [0.05, 0.1) is 5.56 Å². The number of rotatable bonds is 4. The number of carbonyl (C=O) groups excluding carboxylic acids is 1. The number of anilines is 1. The molecule has 0 radical (unpaired) electrons. The number of aryl methyl sites for hydroxylation is 2. The number of aromatic nitrogens is 1. The summed E-state index contributed by atoms with van der Waals surface area (Å²) in [6.07, 6.45) is -3.69. The van der Waals surface area contributed by atoms with Crippen LogP contribution in [-0.2, 0) is 11.0 Å². The van der Waals surface area contributed by atoms with Gasteiger partial charge in [0.25, 0.3) is 0 Å². The molecule has 7 heteroatoms. The fourth-order valence-corrected chi connectivity index (χ4v) is 3.12. The van der Waals surface area contributed by atoms with Crippen LogP contribution in [0.25, 0.3) is 11.1 Å². The summed E-state index contributed by atoms with van der Waals surface area (Å²) in [5.74, 6) is 0.412. The maximum absolute atomic E-state index is 12.7. The first kappa shape index (κ1) is 20.4. The number of ether oxygens (including phenoxy) is 1. The van der Waals surface area contributed by atoms with Crippen molar-refractivity contribution in [2.45, 2.75) is 26.9 Å². The Labute approximate surface area is 166 Å². The zero-order chi connectivity index (χ0) is 21.2. The van der Waals surface area contributed by atoms with Gasteiger partial charge in [-0.05, 0) is 66.4 Å². The molecule has 0 saturated carbocycles. The maximum Gasteiger partial charge on any atom is 0.417 e. The number of hydrogen-bond acceptors (Lipinski definition) is 3. The summed E-state index contributed by atoms with van der Waals surface area (Å²) in [6, 6.07) is 13.2. The second-order valence-electron chi connectivity index (χ2n) is 6.68. The molecule has 0 aliphatic heterocycles. The van der Waals surface area contributed by atoms with E-state index in [9.17, 15) is 18.0 Å². The molecule has 0 bridgehead atoms. The molecule has 0 fully saturated rings. The van der Waals surface area contributed by atoms with Gasteiger partial charge in [-0.15, -0.1) is 0 Å². The number of pyridine rings is 1. The van der Waals surface area contributed by atoms with Crippen LogP contribution in [0.4, 0.5) is 18.9 Å². The lowest BCUT2D eigenvalue weighted by molar-refractivity contribution is -0.137. The Morgan fingerprint density at radius 1 is 1.03 bits per heavy atom.